The predicted molar refractivity (Wildman–Crippen MR) is 182 cm³/mol. The van der Waals surface area contributed by atoms with E-state index in [2.05, 4.69) is 23.9 Å². The van der Waals surface area contributed by atoms with Crippen LogP contribution in [0.4, 0.5) is 20.3 Å². The molecule has 1 aliphatic carbocycles. The third kappa shape index (κ3) is 6.59. The fraction of sp³-hybridized carbons (Fsp3) is 0.455. The van der Waals surface area contributed by atoms with Crippen molar-refractivity contribution >= 4 is 55.0 Å². The molecule has 11 heteroatoms. The molecular formula is C33H40F2IN5O2S. The van der Waals surface area contributed by atoms with E-state index in [4.69, 9.17) is 10.1 Å². The van der Waals surface area contributed by atoms with E-state index in [0.717, 1.165) is 54.8 Å². The summed E-state index contributed by atoms with van der Waals surface area (Å²) in [4.78, 5) is 4.71. The van der Waals surface area contributed by atoms with Gasteiger partial charge in [-0.1, -0.05) is 38.8 Å². The lowest BCUT2D eigenvalue weighted by Crippen LogP contribution is -2.16. The van der Waals surface area contributed by atoms with Gasteiger partial charge in [-0.3, -0.25) is 9.40 Å². The lowest BCUT2D eigenvalue weighted by molar-refractivity contribution is 0.293. The Kier molecular flexibility index (Phi) is 9.84. The molecule has 0 amide bonds. The molecule has 0 unspecified atom stereocenters. The third-order valence-electron chi connectivity index (χ3n) is 8.60. The van der Waals surface area contributed by atoms with Gasteiger partial charge in [-0.15, -0.1) is 0 Å². The van der Waals surface area contributed by atoms with Crippen LogP contribution in [0.25, 0.3) is 22.2 Å². The van der Waals surface area contributed by atoms with Gasteiger partial charge in [-0.25, -0.2) is 22.2 Å². The molecule has 0 saturated heterocycles. The van der Waals surface area contributed by atoms with Crippen LogP contribution in [-0.4, -0.2) is 30.2 Å². The zero-order valence-electron chi connectivity index (χ0n) is 25.8. The summed E-state index contributed by atoms with van der Waals surface area (Å²) in [6.07, 6.45) is 8.84. The molecule has 2 heterocycles. The second-order valence-electron chi connectivity index (χ2n) is 12.5. The minimum Gasteiger partial charge on any atom is -0.373 e. The topological polar surface area (TPSA) is 88.9 Å². The Hall–Kier alpha value is -2.80. The van der Waals surface area contributed by atoms with Gasteiger partial charge in [0.05, 0.1) is 16.6 Å². The van der Waals surface area contributed by atoms with Crippen LogP contribution in [0.15, 0.2) is 47.5 Å². The second-order valence-corrected chi connectivity index (χ2v) is 15.3. The summed E-state index contributed by atoms with van der Waals surface area (Å²) < 4.78 is 62.1. The minimum absolute atomic E-state index is 0.0163. The number of fused-ring (bicyclic) bond motifs is 1. The summed E-state index contributed by atoms with van der Waals surface area (Å²) >= 11 is 1.89. The normalized spacial score (nSPS) is 17.5. The Morgan fingerprint density at radius 2 is 1.75 bits per heavy atom. The number of aromatic nitrogens is 3. The Balaban J connectivity index is 1.56. The predicted octanol–water partition coefficient (Wildman–Crippen LogP) is 9.11. The Morgan fingerprint density at radius 3 is 2.39 bits per heavy atom. The highest BCUT2D eigenvalue weighted by Crippen LogP contribution is 2.44. The van der Waals surface area contributed by atoms with E-state index in [-0.39, 0.29) is 22.2 Å². The molecule has 4 aromatic rings. The number of hydrogen-bond donors (Lipinski definition) is 2. The van der Waals surface area contributed by atoms with Crippen LogP contribution in [0.2, 0.25) is 0 Å². The van der Waals surface area contributed by atoms with Gasteiger partial charge < -0.3 is 5.32 Å². The molecule has 7 nitrogen and oxygen atoms in total. The molecule has 1 saturated carbocycles. The highest BCUT2D eigenvalue weighted by molar-refractivity contribution is 14.1. The molecule has 1 fully saturated rings. The van der Waals surface area contributed by atoms with Crippen molar-refractivity contribution in [3.63, 3.8) is 0 Å². The number of hydrogen-bond acceptors (Lipinski definition) is 5. The second kappa shape index (κ2) is 13.3. The highest BCUT2D eigenvalue weighted by atomic mass is 127. The van der Waals surface area contributed by atoms with Crippen LogP contribution in [0.3, 0.4) is 0 Å². The lowest BCUT2D eigenvalue weighted by Gasteiger charge is -2.30. The first-order valence-electron chi connectivity index (χ1n) is 15.3. The van der Waals surface area contributed by atoms with Crippen molar-refractivity contribution in [3.8, 4) is 11.3 Å². The van der Waals surface area contributed by atoms with Crippen molar-refractivity contribution in [2.45, 2.75) is 83.1 Å². The molecule has 0 aliphatic heterocycles. The van der Waals surface area contributed by atoms with Gasteiger partial charge in [0.1, 0.15) is 28.0 Å². The molecule has 0 bridgehead atoms. The smallest absolute Gasteiger partial charge is 0.263 e. The number of nitrogens with one attached hydrogen (secondary N) is 2. The number of pyridine rings is 1. The van der Waals surface area contributed by atoms with E-state index in [9.17, 15) is 8.42 Å². The molecule has 2 aromatic heterocycles. The fourth-order valence-electron chi connectivity index (χ4n) is 6.25. The van der Waals surface area contributed by atoms with Gasteiger partial charge in [0.15, 0.2) is 0 Å². The molecule has 2 aromatic carbocycles. The van der Waals surface area contributed by atoms with Crippen molar-refractivity contribution in [2.24, 2.45) is 11.8 Å². The largest absolute Gasteiger partial charge is 0.373 e. The number of rotatable bonds is 10. The first-order chi connectivity index (χ1) is 20.9. The van der Waals surface area contributed by atoms with E-state index in [1.807, 2.05) is 47.3 Å². The van der Waals surface area contributed by atoms with Gasteiger partial charge in [0, 0.05) is 34.5 Å². The Labute approximate surface area is 272 Å². The SMILES string of the molecule is CNc1ncc(C2CCC(CCC(C)C)CC2)c2c1c(-c1cc(F)c(NS(=O)(=O)c3ccccc3I)cc1F)nn2C(C)C. The quantitative estimate of drug-likeness (QED) is 0.159. The standard InChI is InChI=1S/C33H40F2IN5O2S/c1-19(2)10-11-21-12-14-22(15-13-21)24-18-38-33(37-5)30-31(39-41(20(3)4)32(24)30)23-16-26(35)28(17-25(23)34)40-44(42,43)29-9-7-6-8-27(29)36/h6-9,16-22,40H,10-15H2,1-5H3,(H,37,38). The van der Waals surface area contributed by atoms with Crippen LogP contribution in [0, 0.1) is 27.0 Å². The number of benzene rings is 2. The van der Waals surface area contributed by atoms with E-state index >= 15 is 8.78 Å². The van der Waals surface area contributed by atoms with Crippen LogP contribution in [0.5, 0.6) is 0 Å². The Morgan fingerprint density at radius 1 is 1.05 bits per heavy atom. The molecule has 0 spiro atoms. The van der Waals surface area contributed by atoms with Crippen molar-refractivity contribution in [2.75, 3.05) is 17.1 Å². The number of halogens is 3. The molecule has 236 valence electrons. The van der Waals surface area contributed by atoms with Crippen LogP contribution in [0.1, 0.15) is 83.7 Å². The molecule has 0 atom stereocenters. The minimum atomic E-state index is -4.15. The van der Waals surface area contributed by atoms with Gasteiger partial charge in [-0.05, 0) is 104 Å². The number of nitrogens with zero attached hydrogens (tertiary/aromatic N) is 3. The molecule has 5 rings (SSSR count). The average Bonchev–Trinajstić information content (AvgIpc) is 3.39. The number of sulfonamides is 1. The monoisotopic (exact) mass is 735 g/mol. The maximum absolute atomic E-state index is 15.9. The van der Waals surface area contributed by atoms with Crippen LogP contribution < -0.4 is 10.0 Å². The van der Waals surface area contributed by atoms with Crippen molar-refractivity contribution in [1.29, 1.82) is 0 Å². The molecule has 2 N–H and O–H groups in total. The summed E-state index contributed by atoms with van der Waals surface area (Å²) in [5.74, 6) is 0.569. The summed E-state index contributed by atoms with van der Waals surface area (Å²) in [6.45, 7) is 8.58. The molecular weight excluding hydrogens is 695 g/mol. The van der Waals surface area contributed by atoms with E-state index in [1.54, 1.807) is 25.2 Å². The van der Waals surface area contributed by atoms with Crippen LogP contribution >= 0.6 is 22.6 Å². The summed E-state index contributed by atoms with van der Waals surface area (Å²) in [5.41, 5.74) is 1.69. The maximum atomic E-state index is 15.9. The van der Waals surface area contributed by atoms with Crippen molar-refractivity contribution in [3.05, 3.63) is 63.4 Å². The fourth-order valence-corrected chi connectivity index (χ4v) is 8.64. The van der Waals surface area contributed by atoms with Crippen molar-refractivity contribution < 1.29 is 17.2 Å². The summed E-state index contributed by atoms with van der Waals surface area (Å²) in [7, 11) is -2.40. The molecule has 1 aliphatic rings. The maximum Gasteiger partial charge on any atom is 0.263 e. The number of anilines is 2. The zero-order valence-corrected chi connectivity index (χ0v) is 28.8. The van der Waals surface area contributed by atoms with Gasteiger partial charge in [0.25, 0.3) is 10.0 Å². The molecule has 0 radical (unpaired) electrons. The first kappa shape index (κ1) is 32.6. The van der Waals surface area contributed by atoms with Gasteiger partial charge in [0.2, 0.25) is 0 Å². The highest BCUT2D eigenvalue weighted by Gasteiger charge is 2.30. The van der Waals surface area contributed by atoms with E-state index in [0.29, 0.717) is 26.6 Å². The van der Waals surface area contributed by atoms with Crippen molar-refractivity contribution in [1.82, 2.24) is 14.8 Å². The summed E-state index contributed by atoms with van der Waals surface area (Å²) in [6, 6.07) is 8.17. The van der Waals surface area contributed by atoms with E-state index < -0.39 is 27.3 Å². The average molecular weight is 736 g/mol. The van der Waals surface area contributed by atoms with Gasteiger partial charge >= 0.3 is 0 Å². The van der Waals surface area contributed by atoms with Crippen LogP contribution in [-0.2, 0) is 10.0 Å². The van der Waals surface area contributed by atoms with E-state index in [1.165, 1.54) is 18.9 Å². The van der Waals surface area contributed by atoms with Gasteiger partial charge in [-0.2, -0.15) is 5.10 Å². The first-order valence-corrected chi connectivity index (χ1v) is 17.8. The zero-order chi connectivity index (χ0) is 31.8. The summed E-state index contributed by atoms with van der Waals surface area (Å²) in [5, 5.41) is 8.60. The molecule has 44 heavy (non-hydrogen) atoms. The lowest BCUT2D eigenvalue weighted by atomic mass is 9.76. The third-order valence-corrected chi connectivity index (χ3v) is 11.3. The Bertz CT molecular complexity index is 1770.